The fraction of sp³-hybridized carbons (Fsp3) is 0.409. The quantitative estimate of drug-likeness (QED) is 0.644. The summed E-state index contributed by atoms with van der Waals surface area (Å²) in [5.41, 5.74) is 3.03. The number of halogens is 1. The Morgan fingerprint density at radius 1 is 1.13 bits per heavy atom. The summed E-state index contributed by atoms with van der Waals surface area (Å²) >= 11 is 7.24. The van der Waals surface area contributed by atoms with Crippen LogP contribution in [-0.2, 0) is 6.42 Å². The maximum absolute atomic E-state index is 13.1. The Morgan fingerprint density at radius 2 is 1.80 bits per heavy atom. The van der Waals surface area contributed by atoms with Gasteiger partial charge in [-0.2, -0.15) is 4.68 Å². The van der Waals surface area contributed by atoms with Gasteiger partial charge in [-0.3, -0.25) is 14.7 Å². The number of benzene rings is 1. The smallest absolute Gasteiger partial charge is 0.277 e. The zero-order valence-electron chi connectivity index (χ0n) is 17.2. The van der Waals surface area contributed by atoms with Crippen LogP contribution >= 0.6 is 22.9 Å². The molecule has 6 nitrogen and oxygen atoms in total. The van der Waals surface area contributed by atoms with Crippen LogP contribution in [0, 0.1) is 13.8 Å². The number of aromatic nitrogens is 3. The lowest BCUT2D eigenvalue weighted by molar-refractivity contribution is 0.0765. The van der Waals surface area contributed by atoms with Crippen molar-refractivity contribution in [3.05, 3.63) is 67.0 Å². The summed E-state index contributed by atoms with van der Waals surface area (Å²) in [4.78, 5) is 33.2. The van der Waals surface area contributed by atoms with Crippen LogP contribution < -0.4 is 5.56 Å². The van der Waals surface area contributed by atoms with Gasteiger partial charge < -0.3 is 4.90 Å². The highest BCUT2D eigenvalue weighted by molar-refractivity contribution is 7.16. The van der Waals surface area contributed by atoms with Gasteiger partial charge in [0.1, 0.15) is 4.88 Å². The molecule has 1 aliphatic rings. The normalized spacial score (nSPS) is 14.7. The SMILES string of the molecule is Cc1nc(-n2[nH]c(C)c(Cc3ccc(Cl)cc3)c2=O)sc1C(=O)N1CCCCCC1. The topological polar surface area (TPSA) is 71.0 Å². The maximum atomic E-state index is 13.1. The van der Waals surface area contributed by atoms with E-state index in [2.05, 4.69) is 10.1 Å². The fourth-order valence-electron chi connectivity index (χ4n) is 3.82. The minimum atomic E-state index is -0.134. The number of H-pyrrole nitrogens is 1. The Morgan fingerprint density at radius 3 is 2.47 bits per heavy atom. The van der Waals surface area contributed by atoms with Gasteiger partial charge >= 0.3 is 0 Å². The summed E-state index contributed by atoms with van der Waals surface area (Å²) in [6.45, 7) is 5.30. The van der Waals surface area contributed by atoms with Crippen molar-refractivity contribution in [1.82, 2.24) is 19.7 Å². The molecule has 0 aliphatic carbocycles. The number of thiazole rings is 1. The second-order valence-corrected chi connectivity index (χ2v) is 9.19. The number of carbonyl (C=O) groups is 1. The van der Waals surface area contributed by atoms with Crippen molar-refractivity contribution in [2.45, 2.75) is 46.0 Å². The Balaban J connectivity index is 1.62. The zero-order chi connectivity index (χ0) is 21.3. The third kappa shape index (κ3) is 4.23. The number of nitrogens with zero attached hydrogens (tertiary/aromatic N) is 3. The van der Waals surface area contributed by atoms with Crippen LogP contribution in [0.1, 0.15) is 57.9 Å². The van der Waals surface area contributed by atoms with E-state index in [1.165, 1.54) is 28.9 Å². The molecule has 30 heavy (non-hydrogen) atoms. The first-order valence-corrected chi connectivity index (χ1v) is 11.5. The molecule has 1 saturated heterocycles. The fourth-order valence-corrected chi connectivity index (χ4v) is 4.94. The van der Waals surface area contributed by atoms with Gasteiger partial charge in [-0.1, -0.05) is 47.9 Å². The largest absolute Gasteiger partial charge is 0.338 e. The Hall–Kier alpha value is -2.38. The van der Waals surface area contributed by atoms with E-state index in [1.54, 1.807) is 0 Å². The molecule has 1 aromatic carbocycles. The van der Waals surface area contributed by atoms with Crippen molar-refractivity contribution in [3.63, 3.8) is 0 Å². The van der Waals surface area contributed by atoms with Crippen LogP contribution in [0.2, 0.25) is 5.02 Å². The maximum Gasteiger partial charge on any atom is 0.277 e. The monoisotopic (exact) mass is 444 g/mol. The first-order chi connectivity index (χ1) is 14.4. The molecule has 0 saturated carbocycles. The number of aryl methyl sites for hydroxylation is 2. The lowest BCUT2D eigenvalue weighted by Gasteiger charge is -2.19. The summed E-state index contributed by atoms with van der Waals surface area (Å²) in [5, 5.41) is 4.30. The highest BCUT2D eigenvalue weighted by Crippen LogP contribution is 2.24. The molecule has 1 fully saturated rings. The van der Waals surface area contributed by atoms with Crippen LogP contribution in [-0.4, -0.2) is 38.7 Å². The van der Waals surface area contributed by atoms with E-state index in [1.807, 2.05) is 43.0 Å². The zero-order valence-corrected chi connectivity index (χ0v) is 18.8. The number of carbonyl (C=O) groups excluding carboxylic acids is 1. The predicted molar refractivity (Wildman–Crippen MR) is 120 cm³/mol. The van der Waals surface area contributed by atoms with Gasteiger partial charge in [0.2, 0.25) is 5.13 Å². The van der Waals surface area contributed by atoms with Crippen LogP contribution in [0.25, 0.3) is 5.13 Å². The highest BCUT2D eigenvalue weighted by atomic mass is 35.5. The van der Waals surface area contributed by atoms with E-state index >= 15 is 0 Å². The molecule has 0 bridgehead atoms. The molecule has 0 radical (unpaired) electrons. The number of aromatic amines is 1. The van der Waals surface area contributed by atoms with Crippen LogP contribution in [0.3, 0.4) is 0 Å². The molecule has 1 N–H and O–H groups in total. The van der Waals surface area contributed by atoms with Crippen molar-refractivity contribution < 1.29 is 4.79 Å². The minimum Gasteiger partial charge on any atom is -0.338 e. The van der Waals surface area contributed by atoms with Gasteiger partial charge in [0, 0.05) is 35.8 Å². The highest BCUT2D eigenvalue weighted by Gasteiger charge is 2.24. The van der Waals surface area contributed by atoms with Gasteiger partial charge in [0.05, 0.1) is 5.69 Å². The summed E-state index contributed by atoms with van der Waals surface area (Å²) < 4.78 is 1.46. The molecular weight excluding hydrogens is 420 g/mol. The van der Waals surface area contributed by atoms with Crippen molar-refractivity contribution in [3.8, 4) is 5.13 Å². The molecule has 2 aromatic heterocycles. The number of likely N-dealkylation sites (tertiary alicyclic amines) is 1. The second kappa shape index (κ2) is 8.78. The van der Waals surface area contributed by atoms with E-state index in [9.17, 15) is 9.59 Å². The first-order valence-electron chi connectivity index (χ1n) is 10.3. The van der Waals surface area contributed by atoms with Crippen molar-refractivity contribution in [1.29, 1.82) is 0 Å². The van der Waals surface area contributed by atoms with Crippen LogP contribution in [0.4, 0.5) is 0 Å². The average Bonchev–Trinajstić information content (AvgIpc) is 3.09. The van der Waals surface area contributed by atoms with E-state index in [-0.39, 0.29) is 11.5 Å². The summed E-state index contributed by atoms with van der Waals surface area (Å²) in [5.74, 6) is 0.0239. The molecule has 158 valence electrons. The van der Waals surface area contributed by atoms with E-state index < -0.39 is 0 Å². The lowest BCUT2D eigenvalue weighted by atomic mass is 10.1. The molecule has 0 unspecified atom stereocenters. The number of amides is 1. The molecule has 0 spiro atoms. The van der Waals surface area contributed by atoms with Crippen molar-refractivity contribution in [2.24, 2.45) is 0 Å². The third-order valence-corrected chi connectivity index (χ3v) is 6.93. The van der Waals surface area contributed by atoms with Gasteiger partial charge in [0.25, 0.3) is 11.5 Å². The van der Waals surface area contributed by atoms with E-state index in [0.29, 0.717) is 32.7 Å². The van der Waals surface area contributed by atoms with Gasteiger partial charge in [-0.15, -0.1) is 0 Å². The molecule has 8 heteroatoms. The van der Waals surface area contributed by atoms with Gasteiger partial charge in [-0.25, -0.2) is 4.98 Å². The standard InChI is InChI=1S/C22H25ClN4O2S/c1-14-18(13-16-7-9-17(23)10-8-16)20(28)27(25-14)22-24-15(2)19(30-22)21(29)26-11-5-3-4-6-12-26/h7-10,25H,3-6,11-13H2,1-2H3. The number of hydrogen-bond donors (Lipinski definition) is 1. The molecule has 0 atom stereocenters. The second-order valence-electron chi connectivity index (χ2n) is 7.78. The molecule has 3 aromatic rings. The van der Waals surface area contributed by atoms with Crippen LogP contribution in [0.15, 0.2) is 29.1 Å². The number of nitrogens with one attached hydrogen (secondary N) is 1. The summed E-state index contributed by atoms with van der Waals surface area (Å²) in [6.07, 6.45) is 4.93. The third-order valence-electron chi connectivity index (χ3n) is 5.55. The first kappa shape index (κ1) is 20.9. The van der Waals surface area contributed by atoms with Gasteiger partial charge in [0.15, 0.2) is 0 Å². The summed E-state index contributed by atoms with van der Waals surface area (Å²) in [6, 6.07) is 7.48. The van der Waals surface area contributed by atoms with Crippen molar-refractivity contribution in [2.75, 3.05) is 13.1 Å². The number of hydrogen-bond acceptors (Lipinski definition) is 4. The Bertz CT molecular complexity index is 1110. The average molecular weight is 445 g/mol. The molecule has 1 aliphatic heterocycles. The minimum absolute atomic E-state index is 0.0239. The van der Waals surface area contributed by atoms with Crippen LogP contribution in [0.5, 0.6) is 0 Å². The Kier molecular flexibility index (Phi) is 6.11. The van der Waals surface area contributed by atoms with Crippen molar-refractivity contribution >= 4 is 28.8 Å². The molecule has 1 amide bonds. The predicted octanol–water partition coefficient (Wildman–Crippen LogP) is 4.50. The Labute approximate surface area is 184 Å². The summed E-state index contributed by atoms with van der Waals surface area (Å²) in [7, 11) is 0. The van der Waals surface area contributed by atoms with E-state index in [4.69, 9.17) is 11.6 Å². The lowest BCUT2D eigenvalue weighted by Crippen LogP contribution is -2.31. The number of rotatable bonds is 4. The van der Waals surface area contributed by atoms with Gasteiger partial charge in [-0.05, 0) is 44.4 Å². The van der Waals surface area contributed by atoms with E-state index in [0.717, 1.165) is 37.2 Å². The molecular formula is C22H25ClN4O2S. The molecule has 4 rings (SSSR count). The molecule has 3 heterocycles.